The van der Waals surface area contributed by atoms with Gasteiger partial charge < -0.3 is 15.2 Å². The molecule has 16 heavy (non-hydrogen) atoms. The van der Waals surface area contributed by atoms with Crippen molar-refractivity contribution in [2.24, 2.45) is 0 Å². The Hall–Kier alpha value is -1.43. The first-order chi connectivity index (χ1) is 7.63. The Balaban J connectivity index is 2.50. The van der Waals surface area contributed by atoms with Gasteiger partial charge in [0.2, 0.25) is 5.88 Å². The average Bonchev–Trinajstić information content (AvgIpc) is 2.26. The fraction of sp³-hybridized carbons (Fsp3) is 0.500. The molecule has 0 saturated carbocycles. The molecule has 90 valence electrons. The molecular weight excluding hydrogens is 218 g/mol. The molecule has 2 N–H and O–H groups in total. The van der Waals surface area contributed by atoms with E-state index < -0.39 is 12.5 Å². The summed E-state index contributed by atoms with van der Waals surface area (Å²) in [5.41, 5.74) is 0. The van der Waals surface area contributed by atoms with Crippen LogP contribution < -0.4 is 10.1 Å². The van der Waals surface area contributed by atoms with Crippen LogP contribution >= 0.6 is 0 Å². The van der Waals surface area contributed by atoms with E-state index in [9.17, 15) is 8.78 Å². The van der Waals surface area contributed by atoms with Crippen molar-refractivity contribution in [1.82, 2.24) is 4.98 Å². The van der Waals surface area contributed by atoms with Crippen LogP contribution in [0, 0.1) is 0 Å². The number of hydrogen-bond donors (Lipinski definition) is 2. The SMILES string of the molecule is CCOc1cccc(NCC(O)C(F)F)n1. The van der Waals surface area contributed by atoms with E-state index in [4.69, 9.17) is 9.84 Å². The highest BCUT2D eigenvalue weighted by Gasteiger charge is 2.16. The summed E-state index contributed by atoms with van der Waals surface area (Å²) in [5.74, 6) is 0.810. The third kappa shape index (κ3) is 3.98. The normalized spacial score (nSPS) is 12.6. The van der Waals surface area contributed by atoms with Crippen molar-refractivity contribution in [3.63, 3.8) is 0 Å². The van der Waals surface area contributed by atoms with Gasteiger partial charge in [-0.2, -0.15) is 4.98 Å². The Labute approximate surface area is 92.3 Å². The predicted molar refractivity (Wildman–Crippen MR) is 55.9 cm³/mol. The molecule has 0 fully saturated rings. The Morgan fingerprint density at radius 3 is 2.88 bits per heavy atom. The Morgan fingerprint density at radius 2 is 2.25 bits per heavy atom. The summed E-state index contributed by atoms with van der Waals surface area (Å²) in [4.78, 5) is 4.00. The van der Waals surface area contributed by atoms with Crippen molar-refractivity contribution < 1.29 is 18.6 Å². The Bertz CT molecular complexity index is 323. The second-order valence-corrected chi connectivity index (χ2v) is 3.08. The second-order valence-electron chi connectivity index (χ2n) is 3.08. The number of alkyl halides is 2. The maximum atomic E-state index is 12.0. The quantitative estimate of drug-likeness (QED) is 0.780. The van der Waals surface area contributed by atoms with Crippen molar-refractivity contribution in [3.8, 4) is 5.88 Å². The highest BCUT2D eigenvalue weighted by Crippen LogP contribution is 2.11. The summed E-state index contributed by atoms with van der Waals surface area (Å²) in [6.07, 6.45) is -4.46. The van der Waals surface area contributed by atoms with Crippen molar-refractivity contribution in [1.29, 1.82) is 0 Å². The van der Waals surface area contributed by atoms with E-state index in [2.05, 4.69) is 10.3 Å². The molecule has 1 atom stereocenters. The molecule has 0 aromatic carbocycles. The van der Waals surface area contributed by atoms with Gasteiger partial charge in [-0.15, -0.1) is 0 Å². The van der Waals surface area contributed by atoms with Gasteiger partial charge in [0, 0.05) is 12.6 Å². The van der Waals surface area contributed by atoms with Gasteiger partial charge in [-0.3, -0.25) is 0 Å². The zero-order chi connectivity index (χ0) is 12.0. The molecule has 1 heterocycles. The molecule has 0 aliphatic rings. The molecule has 4 nitrogen and oxygen atoms in total. The monoisotopic (exact) mass is 232 g/mol. The third-order valence-corrected chi connectivity index (χ3v) is 1.80. The largest absolute Gasteiger partial charge is 0.478 e. The molecule has 1 aromatic heterocycles. The summed E-state index contributed by atoms with van der Waals surface area (Å²) in [5, 5.41) is 11.5. The zero-order valence-electron chi connectivity index (χ0n) is 8.86. The number of hydrogen-bond acceptors (Lipinski definition) is 4. The van der Waals surface area contributed by atoms with E-state index in [1.165, 1.54) is 0 Å². The summed E-state index contributed by atoms with van der Waals surface area (Å²) < 4.78 is 29.1. The topological polar surface area (TPSA) is 54.4 Å². The highest BCUT2D eigenvalue weighted by molar-refractivity contribution is 5.37. The lowest BCUT2D eigenvalue weighted by atomic mass is 10.3. The van der Waals surface area contributed by atoms with E-state index in [0.29, 0.717) is 18.3 Å². The van der Waals surface area contributed by atoms with E-state index in [1.807, 2.05) is 6.92 Å². The fourth-order valence-corrected chi connectivity index (χ4v) is 1.04. The first-order valence-electron chi connectivity index (χ1n) is 4.93. The average molecular weight is 232 g/mol. The maximum absolute atomic E-state index is 12.0. The van der Waals surface area contributed by atoms with Crippen molar-refractivity contribution >= 4 is 5.82 Å². The molecule has 0 spiro atoms. The van der Waals surface area contributed by atoms with Crippen LogP contribution in [0.4, 0.5) is 14.6 Å². The minimum absolute atomic E-state index is 0.250. The maximum Gasteiger partial charge on any atom is 0.265 e. The van der Waals surface area contributed by atoms with Crippen LogP contribution in [-0.4, -0.2) is 35.8 Å². The molecule has 0 bridgehead atoms. The van der Waals surface area contributed by atoms with E-state index in [0.717, 1.165) is 0 Å². The van der Waals surface area contributed by atoms with Gasteiger partial charge in [0.25, 0.3) is 6.43 Å². The minimum Gasteiger partial charge on any atom is -0.478 e. The van der Waals surface area contributed by atoms with Gasteiger partial charge in [-0.1, -0.05) is 6.07 Å². The molecular formula is C10H14F2N2O2. The standard InChI is InChI=1S/C10H14F2N2O2/c1-2-16-9-5-3-4-8(14-9)13-6-7(15)10(11)12/h3-5,7,10,15H,2,6H2,1H3,(H,13,14). The summed E-state index contributed by atoms with van der Waals surface area (Å²) in [7, 11) is 0. The number of rotatable bonds is 6. The smallest absolute Gasteiger partial charge is 0.265 e. The van der Waals surface area contributed by atoms with Crippen LogP contribution in [-0.2, 0) is 0 Å². The van der Waals surface area contributed by atoms with Crippen molar-refractivity contribution in [3.05, 3.63) is 18.2 Å². The van der Waals surface area contributed by atoms with Crippen LogP contribution in [0.15, 0.2) is 18.2 Å². The number of nitrogens with zero attached hydrogens (tertiary/aromatic N) is 1. The van der Waals surface area contributed by atoms with Crippen LogP contribution in [0.1, 0.15) is 6.92 Å². The van der Waals surface area contributed by atoms with Gasteiger partial charge in [-0.25, -0.2) is 8.78 Å². The minimum atomic E-state index is -2.76. The van der Waals surface area contributed by atoms with Gasteiger partial charge >= 0.3 is 0 Å². The first kappa shape index (κ1) is 12.6. The lowest BCUT2D eigenvalue weighted by molar-refractivity contribution is 0.00380. The van der Waals surface area contributed by atoms with Crippen LogP contribution in [0.25, 0.3) is 0 Å². The molecule has 6 heteroatoms. The van der Waals surface area contributed by atoms with Crippen molar-refractivity contribution in [2.75, 3.05) is 18.5 Å². The number of aromatic nitrogens is 1. The molecule has 1 aromatic rings. The van der Waals surface area contributed by atoms with E-state index >= 15 is 0 Å². The third-order valence-electron chi connectivity index (χ3n) is 1.80. The molecule has 0 aliphatic heterocycles. The lowest BCUT2D eigenvalue weighted by Crippen LogP contribution is -2.27. The van der Waals surface area contributed by atoms with Crippen LogP contribution in [0.3, 0.4) is 0 Å². The summed E-state index contributed by atoms with van der Waals surface area (Å²) >= 11 is 0. The molecule has 0 saturated heterocycles. The molecule has 1 unspecified atom stereocenters. The fourth-order valence-electron chi connectivity index (χ4n) is 1.04. The number of pyridine rings is 1. The van der Waals surface area contributed by atoms with E-state index in [1.54, 1.807) is 18.2 Å². The zero-order valence-corrected chi connectivity index (χ0v) is 8.86. The van der Waals surface area contributed by atoms with Crippen LogP contribution in [0.2, 0.25) is 0 Å². The number of nitrogens with one attached hydrogen (secondary N) is 1. The van der Waals surface area contributed by atoms with Gasteiger partial charge in [0.15, 0.2) is 0 Å². The molecule has 0 aliphatic carbocycles. The van der Waals surface area contributed by atoms with Crippen molar-refractivity contribution in [2.45, 2.75) is 19.5 Å². The molecule has 0 radical (unpaired) electrons. The number of aliphatic hydroxyl groups is 1. The lowest BCUT2D eigenvalue weighted by Gasteiger charge is -2.11. The number of anilines is 1. The summed E-state index contributed by atoms with van der Waals surface area (Å²) in [6, 6.07) is 4.97. The Kier molecular flexibility index (Phi) is 4.91. The Morgan fingerprint density at radius 1 is 1.50 bits per heavy atom. The van der Waals surface area contributed by atoms with Crippen LogP contribution in [0.5, 0.6) is 5.88 Å². The second kappa shape index (κ2) is 6.22. The first-order valence-corrected chi connectivity index (χ1v) is 4.93. The van der Waals surface area contributed by atoms with Gasteiger partial charge in [0.05, 0.1) is 6.61 Å². The molecule has 0 amide bonds. The predicted octanol–water partition coefficient (Wildman–Crippen LogP) is 1.52. The molecule has 1 rings (SSSR count). The van der Waals surface area contributed by atoms with E-state index in [-0.39, 0.29) is 6.54 Å². The number of aliphatic hydroxyl groups excluding tert-OH is 1. The number of halogens is 2. The van der Waals surface area contributed by atoms with Gasteiger partial charge in [-0.05, 0) is 13.0 Å². The van der Waals surface area contributed by atoms with Gasteiger partial charge in [0.1, 0.15) is 11.9 Å². The summed E-state index contributed by atoms with van der Waals surface area (Å²) in [6.45, 7) is 2.05. The highest BCUT2D eigenvalue weighted by atomic mass is 19.3. The number of ether oxygens (including phenoxy) is 1.